The summed E-state index contributed by atoms with van der Waals surface area (Å²) in [6, 6.07) is 12.8. The summed E-state index contributed by atoms with van der Waals surface area (Å²) in [5, 5.41) is 12.7. The zero-order valence-electron chi connectivity index (χ0n) is 21.2. The number of rotatable bonds is 6. The number of pyridine rings is 1. The second kappa shape index (κ2) is 9.68. The molecule has 3 N–H and O–H groups in total. The zero-order chi connectivity index (χ0) is 27.1. The van der Waals surface area contributed by atoms with Gasteiger partial charge in [0.15, 0.2) is 0 Å². The molecule has 39 heavy (non-hydrogen) atoms. The molecule has 4 heterocycles. The lowest BCUT2D eigenvalue weighted by molar-refractivity contribution is -0.125. The lowest BCUT2D eigenvalue weighted by atomic mass is 10.0. The largest absolute Gasteiger partial charge is 0.369 e. The number of nitrogens with zero attached hydrogens (tertiary/aromatic N) is 6. The molecule has 1 aromatic carbocycles. The van der Waals surface area contributed by atoms with Gasteiger partial charge in [-0.05, 0) is 67.2 Å². The summed E-state index contributed by atoms with van der Waals surface area (Å²) in [5.41, 5.74) is 10.1. The molecule has 2 amide bonds. The second-order valence-corrected chi connectivity index (χ2v) is 9.89. The molecule has 194 valence electrons. The molecule has 10 nitrogen and oxygen atoms in total. The van der Waals surface area contributed by atoms with Gasteiger partial charge in [-0.2, -0.15) is 5.26 Å². The first-order chi connectivity index (χ1) is 19.0. The molecule has 1 aliphatic carbocycles. The van der Waals surface area contributed by atoms with E-state index >= 15 is 0 Å². The summed E-state index contributed by atoms with van der Waals surface area (Å²) in [4.78, 5) is 40.4. The number of aromatic nitrogens is 4. The number of nitriles is 1. The number of likely N-dealkylation sites (tertiary alicyclic amines) is 1. The SMILES string of the molecule is C=CC(=O)N1CCC(c2nc(-c3ccc(C(=O)Nc4cc(C5CC5)ccn4)c(C#N)c3)n3c(N)nccc23)C1. The van der Waals surface area contributed by atoms with E-state index in [2.05, 4.69) is 27.9 Å². The summed E-state index contributed by atoms with van der Waals surface area (Å²) in [5.74, 6) is 1.25. The first-order valence-electron chi connectivity index (χ1n) is 12.8. The number of benzene rings is 1. The highest BCUT2D eigenvalue weighted by atomic mass is 16.2. The van der Waals surface area contributed by atoms with Gasteiger partial charge in [0.1, 0.15) is 11.6 Å². The van der Waals surface area contributed by atoms with E-state index in [1.165, 1.54) is 6.08 Å². The number of nitrogens with two attached hydrogens (primary N) is 1. The molecule has 0 spiro atoms. The van der Waals surface area contributed by atoms with E-state index in [4.69, 9.17) is 10.7 Å². The van der Waals surface area contributed by atoms with Crippen molar-refractivity contribution in [1.82, 2.24) is 24.3 Å². The average Bonchev–Trinajstić information content (AvgIpc) is 3.56. The molecule has 0 radical (unpaired) electrons. The Kier molecular flexibility index (Phi) is 6.04. The van der Waals surface area contributed by atoms with Gasteiger partial charge in [-0.15, -0.1) is 0 Å². The first kappa shape index (κ1) is 24.3. The minimum absolute atomic E-state index is 0.0128. The van der Waals surface area contributed by atoms with Crippen LogP contribution in [0.2, 0.25) is 0 Å². The Morgan fingerprint density at radius 3 is 2.69 bits per heavy atom. The van der Waals surface area contributed by atoms with Gasteiger partial charge in [-0.1, -0.05) is 12.6 Å². The van der Waals surface area contributed by atoms with Crippen LogP contribution < -0.4 is 11.1 Å². The normalized spacial score (nSPS) is 16.7. The van der Waals surface area contributed by atoms with Crippen LogP contribution in [-0.2, 0) is 4.79 Å². The van der Waals surface area contributed by atoms with Crippen LogP contribution in [0.1, 0.15) is 58.3 Å². The van der Waals surface area contributed by atoms with Crippen LogP contribution in [0.5, 0.6) is 0 Å². The fraction of sp³-hybridized carbons (Fsp3) is 0.241. The summed E-state index contributed by atoms with van der Waals surface area (Å²) in [6.45, 7) is 4.73. The van der Waals surface area contributed by atoms with Crippen molar-refractivity contribution in [2.45, 2.75) is 31.1 Å². The highest BCUT2D eigenvalue weighted by molar-refractivity contribution is 6.05. The Balaban J connectivity index is 1.34. The number of amides is 2. The molecule has 1 saturated heterocycles. The molecule has 4 aromatic rings. The maximum absolute atomic E-state index is 13.1. The molecule has 2 aliphatic rings. The molecule has 10 heteroatoms. The predicted molar refractivity (Wildman–Crippen MR) is 146 cm³/mol. The Bertz CT molecular complexity index is 1680. The number of fused-ring (bicyclic) bond motifs is 1. The van der Waals surface area contributed by atoms with Crippen LogP contribution in [0, 0.1) is 11.3 Å². The van der Waals surface area contributed by atoms with Crippen LogP contribution in [0.15, 0.2) is 61.4 Å². The molecular formula is C29H26N8O2. The van der Waals surface area contributed by atoms with E-state index in [0.717, 1.165) is 36.0 Å². The minimum atomic E-state index is -0.411. The third kappa shape index (κ3) is 4.48. The van der Waals surface area contributed by atoms with Crippen molar-refractivity contribution in [2.75, 3.05) is 24.1 Å². The van der Waals surface area contributed by atoms with E-state index in [-0.39, 0.29) is 28.9 Å². The maximum Gasteiger partial charge on any atom is 0.258 e. The zero-order valence-corrected chi connectivity index (χ0v) is 21.2. The lowest BCUT2D eigenvalue weighted by Crippen LogP contribution is -2.26. The predicted octanol–water partition coefficient (Wildman–Crippen LogP) is 3.88. The van der Waals surface area contributed by atoms with Gasteiger partial charge < -0.3 is 16.0 Å². The molecule has 2 fully saturated rings. The maximum atomic E-state index is 13.1. The quantitative estimate of drug-likeness (QED) is 0.369. The van der Waals surface area contributed by atoms with Crippen molar-refractivity contribution < 1.29 is 9.59 Å². The van der Waals surface area contributed by atoms with Crippen molar-refractivity contribution >= 4 is 29.1 Å². The molecular weight excluding hydrogens is 492 g/mol. The second-order valence-electron chi connectivity index (χ2n) is 9.89. The van der Waals surface area contributed by atoms with E-state index in [0.29, 0.717) is 36.2 Å². The summed E-state index contributed by atoms with van der Waals surface area (Å²) < 4.78 is 1.75. The Hall–Kier alpha value is -5.04. The average molecular weight is 519 g/mol. The van der Waals surface area contributed by atoms with Crippen molar-refractivity contribution in [3.8, 4) is 17.5 Å². The number of anilines is 2. The van der Waals surface area contributed by atoms with E-state index in [1.54, 1.807) is 39.9 Å². The third-order valence-corrected chi connectivity index (χ3v) is 7.39. The smallest absolute Gasteiger partial charge is 0.258 e. The van der Waals surface area contributed by atoms with Crippen molar-refractivity contribution in [3.05, 3.63) is 83.8 Å². The monoisotopic (exact) mass is 518 g/mol. The third-order valence-electron chi connectivity index (χ3n) is 7.39. The standard InChI is InChI=1S/C29H26N8O2/c1-2-25(38)36-12-9-20(16-36)26-23-8-11-33-29(31)37(23)27(35-26)19-5-6-22(21(13-19)15-30)28(39)34-24-14-18(7-10-32-24)17-3-4-17/h2,5-8,10-11,13-14,17,20H,1,3-4,9,12,16H2,(H2,31,33)(H,32,34,39). The Morgan fingerprint density at radius 2 is 1.92 bits per heavy atom. The fourth-order valence-electron chi connectivity index (χ4n) is 5.23. The highest BCUT2D eigenvalue weighted by Gasteiger charge is 2.31. The number of hydrogen-bond acceptors (Lipinski definition) is 7. The Morgan fingerprint density at radius 1 is 1.10 bits per heavy atom. The van der Waals surface area contributed by atoms with Gasteiger partial charge in [-0.3, -0.25) is 14.0 Å². The van der Waals surface area contributed by atoms with Gasteiger partial charge in [0, 0.05) is 37.0 Å². The summed E-state index contributed by atoms with van der Waals surface area (Å²) >= 11 is 0. The topological polar surface area (TPSA) is 142 Å². The molecule has 1 saturated carbocycles. The van der Waals surface area contributed by atoms with Crippen LogP contribution in [0.25, 0.3) is 16.9 Å². The van der Waals surface area contributed by atoms with Crippen LogP contribution in [0.4, 0.5) is 11.8 Å². The van der Waals surface area contributed by atoms with Crippen molar-refractivity contribution in [2.24, 2.45) is 0 Å². The fourth-order valence-corrected chi connectivity index (χ4v) is 5.23. The molecule has 6 rings (SSSR count). The number of carbonyl (C=O) groups excluding carboxylic acids is 2. The summed E-state index contributed by atoms with van der Waals surface area (Å²) in [6.07, 6.45) is 7.69. The van der Waals surface area contributed by atoms with Crippen LogP contribution in [0.3, 0.4) is 0 Å². The van der Waals surface area contributed by atoms with Gasteiger partial charge in [0.25, 0.3) is 5.91 Å². The van der Waals surface area contributed by atoms with Crippen molar-refractivity contribution in [3.63, 3.8) is 0 Å². The minimum Gasteiger partial charge on any atom is -0.369 e. The summed E-state index contributed by atoms with van der Waals surface area (Å²) in [7, 11) is 0. The van der Waals surface area contributed by atoms with Crippen molar-refractivity contribution in [1.29, 1.82) is 5.26 Å². The Labute approximate surface area is 224 Å². The molecule has 0 bridgehead atoms. The molecule has 1 atom stereocenters. The molecule has 1 aliphatic heterocycles. The van der Waals surface area contributed by atoms with Gasteiger partial charge >= 0.3 is 0 Å². The van der Waals surface area contributed by atoms with E-state index in [1.807, 2.05) is 18.2 Å². The lowest BCUT2D eigenvalue weighted by Gasteiger charge is -2.13. The van der Waals surface area contributed by atoms with E-state index in [9.17, 15) is 14.9 Å². The van der Waals surface area contributed by atoms with E-state index < -0.39 is 5.91 Å². The number of hydrogen-bond donors (Lipinski definition) is 2. The van der Waals surface area contributed by atoms with Gasteiger partial charge in [-0.25, -0.2) is 15.0 Å². The van der Waals surface area contributed by atoms with Gasteiger partial charge in [0.2, 0.25) is 11.9 Å². The molecule has 1 unspecified atom stereocenters. The number of nitrogens with one attached hydrogen (secondary N) is 1. The van der Waals surface area contributed by atoms with Gasteiger partial charge in [0.05, 0.1) is 28.4 Å². The van der Waals surface area contributed by atoms with Crippen LogP contribution in [-0.4, -0.2) is 49.2 Å². The number of nitrogen functional groups attached to an aromatic ring is 1. The number of carbonyl (C=O) groups is 2. The van der Waals surface area contributed by atoms with Crippen LogP contribution >= 0.6 is 0 Å². The molecule has 3 aromatic heterocycles. The first-order valence-corrected chi connectivity index (χ1v) is 12.8. The number of imidazole rings is 1. The highest BCUT2D eigenvalue weighted by Crippen LogP contribution is 2.40.